The van der Waals surface area contributed by atoms with Gasteiger partial charge in [0.05, 0.1) is 11.8 Å². The maximum atomic E-state index is 11.3. The van der Waals surface area contributed by atoms with Crippen LogP contribution < -0.4 is 10.0 Å². The molecule has 0 aliphatic heterocycles. The number of primary sulfonamides is 1. The molecule has 0 bridgehead atoms. The fourth-order valence-corrected chi connectivity index (χ4v) is 2.29. The lowest BCUT2D eigenvalue weighted by atomic mass is 10.2. The lowest BCUT2D eigenvalue weighted by molar-refractivity contribution is 0.201. The summed E-state index contributed by atoms with van der Waals surface area (Å²) in [7, 11) is -2.03. The number of anilines is 1. The molecular formula is C10H16N2O3S. The number of nitrogens with zero attached hydrogens (tertiary/aromatic N) is 1. The van der Waals surface area contributed by atoms with E-state index in [0.29, 0.717) is 12.2 Å². The largest absolute Gasteiger partial charge is 0.392 e. The minimum absolute atomic E-state index is 0.0677. The lowest BCUT2D eigenvalue weighted by Gasteiger charge is -2.22. The Labute approximate surface area is 95.5 Å². The van der Waals surface area contributed by atoms with Crippen molar-refractivity contribution in [3.05, 3.63) is 24.3 Å². The van der Waals surface area contributed by atoms with E-state index in [0.717, 1.165) is 0 Å². The molecule has 1 unspecified atom stereocenters. The van der Waals surface area contributed by atoms with Crippen molar-refractivity contribution in [2.24, 2.45) is 5.14 Å². The van der Waals surface area contributed by atoms with Gasteiger partial charge in [-0.1, -0.05) is 12.1 Å². The first-order chi connectivity index (χ1) is 7.32. The highest BCUT2D eigenvalue weighted by Crippen LogP contribution is 2.22. The standard InChI is InChI=1S/C10H16N2O3S/c1-8(13)7-12(2)9-5-3-4-6-10(9)16(11,14)15/h3-6,8,13H,7H2,1-2H3,(H2,11,14,15). The zero-order valence-electron chi connectivity index (χ0n) is 9.29. The minimum atomic E-state index is -3.74. The van der Waals surface area contributed by atoms with Gasteiger partial charge in [-0.25, -0.2) is 13.6 Å². The van der Waals surface area contributed by atoms with Crippen LogP contribution >= 0.6 is 0 Å². The van der Waals surface area contributed by atoms with Crippen LogP contribution in [0, 0.1) is 0 Å². The van der Waals surface area contributed by atoms with Gasteiger partial charge in [-0.05, 0) is 19.1 Å². The molecule has 5 nitrogen and oxygen atoms in total. The Bertz CT molecular complexity index is 457. The molecule has 16 heavy (non-hydrogen) atoms. The van der Waals surface area contributed by atoms with Crippen molar-refractivity contribution in [2.75, 3.05) is 18.5 Å². The molecule has 0 aliphatic rings. The maximum absolute atomic E-state index is 11.3. The molecule has 0 heterocycles. The number of aliphatic hydroxyl groups is 1. The van der Waals surface area contributed by atoms with E-state index < -0.39 is 16.1 Å². The van der Waals surface area contributed by atoms with Gasteiger partial charge in [0.25, 0.3) is 0 Å². The predicted octanol–water partition coefficient (Wildman–Crippen LogP) is 0.151. The number of sulfonamides is 1. The van der Waals surface area contributed by atoms with Gasteiger partial charge in [-0.2, -0.15) is 0 Å². The van der Waals surface area contributed by atoms with Crippen molar-refractivity contribution in [3.8, 4) is 0 Å². The van der Waals surface area contributed by atoms with E-state index in [-0.39, 0.29) is 4.90 Å². The Morgan fingerprint density at radius 1 is 1.44 bits per heavy atom. The molecule has 6 heteroatoms. The monoisotopic (exact) mass is 244 g/mol. The quantitative estimate of drug-likeness (QED) is 0.789. The van der Waals surface area contributed by atoms with Crippen LogP contribution in [0.2, 0.25) is 0 Å². The van der Waals surface area contributed by atoms with Crippen LogP contribution in [-0.4, -0.2) is 33.2 Å². The number of rotatable bonds is 4. The van der Waals surface area contributed by atoms with E-state index in [1.807, 2.05) is 0 Å². The summed E-state index contributed by atoms with van der Waals surface area (Å²) in [5.74, 6) is 0. The molecule has 1 atom stereocenters. The SMILES string of the molecule is CC(O)CN(C)c1ccccc1S(N)(=O)=O. The molecule has 1 rings (SSSR count). The summed E-state index contributed by atoms with van der Waals surface area (Å²) in [4.78, 5) is 1.72. The van der Waals surface area contributed by atoms with Crippen LogP contribution in [0.15, 0.2) is 29.2 Å². The summed E-state index contributed by atoms with van der Waals surface area (Å²) in [6, 6.07) is 6.44. The number of aliphatic hydroxyl groups excluding tert-OH is 1. The Morgan fingerprint density at radius 2 is 2.00 bits per heavy atom. The van der Waals surface area contributed by atoms with Gasteiger partial charge in [0.2, 0.25) is 10.0 Å². The van der Waals surface area contributed by atoms with Gasteiger partial charge in [-0.15, -0.1) is 0 Å². The van der Waals surface area contributed by atoms with Crippen LogP contribution in [0.1, 0.15) is 6.92 Å². The molecule has 1 aromatic rings. The molecule has 0 spiro atoms. The second kappa shape index (κ2) is 4.82. The van der Waals surface area contributed by atoms with Crippen LogP contribution in [0.4, 0.5) is 5.69 Å². The highest BCUT2D eigenvalue weighted by atomic mass is 32.2. The summed E-state index contributed by atoms with van der Waals surface area (Å²) < 4.78 is 22.7. The van der Waals surface area contributed by atoms with Crippen LogP contribution in [0.3, 0.4) is 0 Å². The number of hydrogen-bond donors (Lipinski definition) is 2. The normalized spacial score (nSPS) is 13.5. The van der Waals surface area contributed by atoms with Crippen molar-refractivity contribution < 1.29 is 13.5 Å². The van der Waals surface area contributed by atoms with Gasteiger partial charge in [0.1, 0.15) is 4.90 Å². The fraction of sp³-hybridized carbons (Fsp3) is 0.400. The van der Waals surface area contributed by atoms with Crippen LogP contribution in [0.25, 0.3) is 0 Å². The summed E-state index contributed by atoms with van der Waals surface area (Å²) in [5.41, 5.74) is 0.492. The molecule has 0 aliphatic carbocycles. The first kappa shape index (κ1) is 13.0. The predicted molar refractivity (Wildman–Crippen MR) is 62.8 cm³/mol. The number of nitrogens with two attached hydrogens (primary N) is 1. The minimum Gasteiger partial charge on any atom is -0.392 e. The van der Waals surface area contributed by atoms with Crippen LogP contribution in [0.5, 0.6) is 0 Å². The lowest BCUT2D eigenvalue weighted by Crippen LogP contribution is -2.29. The van der Waals surface area contributed by atoms with Crippen molar-refractivity contribution in [1.29, 1.82) is 0 Å². The van der Waals surface area contributed by atoms with Gasteiger partial charge >= 0.3 is 0 Å². The molecule has 90 valence electrons. The Morgan fingerprint density at radius 3 is 2.50 bits per heavy atom. The second-order valence-electron chi connectivity index (χ2n) is 3.74. The van der Waals surface area contributed by atoms with Gasteiger partial charge in [0, 0.05) is 13.6 Å². The van der Waals surface area contributed by atoms with Gasteiger partial charge < -0.3 is 10.0 Å². The van der Waals surface area contributed by atoms with Gasteiger partial charge in [-0.3, -0.25) is 0 Å². The average molecular weight is 244 g/mol. The van der Waals surface area contributed by atoms with Crippen LogP contribution in [-0.2, 0) is 10.0 Å². The Kier molecular flexibility index (Phi) is 3.90. The molecule has 0 saturated carbocycles. The zero-order valence-corrected chi connectivity index (χ0v) is 10.1. The summed E-state index contributed by atoms with van der Waals surface area (Å²) >= 11 is 0. The summed E-state index contributed by atoms with van der Waals surface area (Å²) in [6.07, 6.45) is -0.543. The highest BCUT2D eigenvalue weighted by molar-refractivity contribution is 7.89. The maximum Gasteiger partial charge on any atom is 0.240 e. The van der Waals surface area contributed by atoms with Crippen molar-refractivity contribution >= 4 is 15.7 Å². The zero-order chi connectivity index (χ0) is 12.3. The fourth-order valence-electron chi connectivity index (χ4n) is 1.51. The van der Waals surface area contributed by atoms with E-state index in [9.17, 15) is 13.5 Å². The molecule has 0 aromatic heterocycles. The molecule has 0 amide bonds. The average Bonchev–Trinajstić information content (AvgIpc) is 2.15. The molecule has 1 aromatic carbocycles. The number of hydrogen-bond acceptors (Lipinski definition) is 4. The smallest absolute Gasteiger partial charge is 0.240 e. The molecular weight excluding hydrogens is 228 g/mol. The summed E-state index contributed by atoms with van der Waals surface area (Å²) in [5, 5.41) is 14.4. The third-order valence-electron chi connectivity index (χ3n) is 2.12. The van der Waals surface area contributed by atoms with Crippen molar-refractivity contribution in [3.63, 3.8) is 0 Å². The third-order valence-corrected chi connectivity index (χ3v) is 3.08. The highest BCUT2D eigenvalue weighted by Gasteiger charge is 2.16. The van der Waals surface area contributed by atoms with Crippen molar-refractivity contribution in [1.82, 2.24) is 0 Å². The molecule has 0 saturated heterocycles. The number of likely N-dealkylation sites (N-methyl/N-ethyl adjacent to an activating group) is 1. The molecule has 0 radical (unpaired) electrons. The van der Waals surface area contributed by atoms with E-state index in [2.05, 4.69) is 0 Å². The number of para-hydroxylation sites is 1. The Balaban J connectivity index is 3.14. The van der Waals surface area contributed by atoms with Crippen molar-refractivity contribution in [2.45, 2.75) is 17.9 Å². The first-order valence-electron chi connectivity index (χ1n) is 4.83. The van der Waals surface area contributed by atoms with E-state index in [1.165, 1.54) is 6.07 Å². The second-order valence-corrected chi connectivity index (χ2v) is 5.27. The topological polar surface area (TPSA) is 83.6 Å². The summed E-state index contributed by atoms with van der Waals surface area (Å²) in [6.45, 7) is 1.97. The Hall–Kier alpha value is -1.11. The first-order valence-corrected chi connectivity index (χ1v) is 6.38. The van der Waals surface area contributed by atoms with E-state index >= 15 is 0 Å². The molecule has 3 N–H and O–H groups in total. The van der Waals surface area contributed by atoms with E-state index in [1.54, 1.807) is 37.1 Å². The van der Waals surface area contributed by atoms with E-state index in [4.69, 9.17) is 5.14 Å². The molecule has 0 fully saturated rings. The number of benzene rings is 1. The third kappa shape index (κ3) is 3.19. The van der Waals surface area contributed by atoms with Gasteiger partial charge in [0.15, 0.2) is 0 Å².